The number of ether oxygens (including phenoxy) is 2. The van der Waals surface area contributed by atoms with Crippen LogP contribution in [0.3, 0.4) is 0 Å². The largest absolute Gasteiger partial charge is 0.573 e. The van der Waals surface area contributed by atoms with Gasteiger partial charge in [0.25, 0.3) is 0 Å². The zero-order valence-corrected chi connectivity index (χ0v) is 21.0. The van der Waals surface area contributed by atoms with Gasteiger partial charge in [-0.25, -0.2) is 9.97 Å². The smallest absolute Gasteiger partial charge is 0.406 e. The van der Waals surface area contributed by atoms with Crippen molar-refractivity contribution < 1.29 is 27.4 Å². The van der Waals surface area contributed by atoms with E-state index in [1.165, 1.54) is 30.6 Å². The second-order valence-corrected chi connectivity index (χ2v) is 8.65. The van der Waals surface area contributed by atoms with Gasteiger partial charge in [-0.1, -0.05) is 13.8 Å². The van der Waals surface area contributed by atoms with Crippen LogP contribution in [0.5, 0.6) is 5.75 Å². The molecule has 0 radical (unpaired) electrons. The third-order valence-electron chi connectivity index (χ3n) is 5.15. The summed E-state index contributed by atoms with van der Waals surface area (Å²) in [6, 6.07) is 6.60. The van der Waals surface area contributed by atoms with Crippen LogP contribution in [-0.2, 0) is 9.53 Å². The molecular weight excluding hydrogens is 489 g/mol. The van der Waals surface area contributed by atoms with E-state index in [4.69, 9.17) is 4.74 Å². The summed E-state index contributed by atoms with van der Waals surface area (Å²) in [4.78, 5) is 25.9. The summed E-state index contributed by atoms with van der Waals surface area (Å²) in [5, 5.41) is 6.14. The third-order valence-corrected chi connectivity index (χ3v) is 5.15. The lowest BCUT2D eigenvalue weighted by Gasteiger charge is -2.21. The van der Waals surface area contributed by atoms with Crippen LogP contribution in [0, 0.1) is 5.92 Å². The highest BCUT2D eigenvalue weighted by molar-refractivity contribution is 5.84. The second kappa shape index (κ2) is 13.0. The molecule has 0 saturated heterocycles. The van der Waals surface area contributed by atoms with E-state index in [-0.39, 0.29) is 17.6 Å². The van der Waals surface area contributed by atoms with Crippen LogP contribution in [0.2, 0.25) is 0 Å². The van der Waals surface area contributed by atoms with Crippen LogP contribution >= 0.6 is 0 Å². The molecule has 0 aliphatic carbocycles. The van der Waals surface area contributed by atoms with E-state index in [9.17, 15) is 18.0 Å². The molecule has 1 amide bonds. The van der Waals surface area contributed by atoms with E-state index in [1.807, 2.05) is 20.8 Å². The van der Waals surface area contributed by atoms with Crippen LogP contribution in [0.4, 0.5) is 19.0 Å². The molecule has 0 fully saturated rings. The standard InChI is InChI=1S/C25H31F3N6O3/c1-4-36-13-5-11-29-23(35)20(14-17(2)3)32-22-10-12-30-24(33-22)34-15-21(31-16-34)18-6-8-19(9-7-18)37-25(26,27)28/h6-10,12,15-17,20H,4-5,11,13-14H2,1-3H3,(H,29,35)(H,30,32,33)/t20-/m0/s1. The average molecular weight is 521 g/mol. The van der Waals surface area contributed by atoms with Gasteiger partial charge >= 0.3 is 6.36 Å². The van der Waals surface area contributed by atoms with Crippen molar-refractivity contribution in [1.82, 2.24) is 24.8 Å². The lowest BCUT2D eigenvalue weighted by atomic mass is 10.0. The lowest BCUT2D eigenvalue weighted by molar-refractivity contribution is -0.274. The maximum absolute atomic E-state index is 12.8. The number of anilines is 1. The number of halogens is 3. The lowest BCUT2D eigenvalue weighted by Crippen LogP contribution is -2.41. The van der Waals surface area contributed by atoms with Crippen molar-refractivity contribution in [2.24, 2.45) is 5.92 Å². The van der Waals surface area contributed by atoms with Crippen LogP contribution in [0.15, 0.2) is 49.1 Å². The minimum Gasteiger partial charge on any atom is -0.406 e. The predicted molar refractivity (Wildman–Crippen MR) is 132 cm³/mol. The predicted octanol–water partition coefficient (Wildman–Crippen LogP) is 4.60. The summed E-state index contributed by atoms with van der Waals surface area (Å²) in [5.41, 5.74) is 1.12. The fourth-order valence-corrected chi connectivity index (χ4v) is 3.50. The highest BCUT2D eigenvalue weighted by atomic mass is 19.4. The number of amides is 1. The second-order valence-electron chi connectivity index (χ2n) is 8.65. The van der Waals surface area contributed by atoms with Gasteiger partial charge in [0.15, 0.2) is 0 Å². The minimum absolute atomic E-state index is 0.117. The number of nitrogens with zero attached hydrogens (tertiary/aromatic N) is 4. The van der Waals surface area contributed by atoms with Crippen molar-refractivity contribution in [2.75, 3.05) is 25.1 Å². The zero-order chi connectivity index (χ0) is 26.8. The number of imidazole rings is 1. The number of carbonyl (C=O) groups is 1. The van der Waals surface area contributed by atoms with Crippen molar-refractivity contribution in [3.05, 3.63) is 49.1 Å². The minimum atomic E-state index is -4.75. The molecule has 1 aromatic carbocycles. The molecule has 2 N–H and O–H groups in total. The quantitative estimate of drug-likeness (QED) is 0.318. The number of alkyl halides is 3. The number of hydrogen-bond acceptors (Lipinski definition) is 7. The Kier molecular flexibility index (Phi) is 9.84. The van der Waals surface area contributed by atoms with E-state index in [2.05, 4.69) is 30.3 Å². The highest BCUT2D eigenvalue weighted by Gasteiger charge is 2.31. The summed E-state index contributed by atoms with van der Waals surface area (Å²) < 4.78 is 48.0. The molecule has 3 aromatic rings. The van der Waals surface area contributed by atoms with Crippen molar-refractivity contribution in [1.29, 1.82) is 0 Å². The molecule has 37 heavy (non-hydrogen) atoms. The van der Waals surface area contributed by atoms with Crippen LogP contribution in [0.1, 0.15) is 33.6 Å². The Balaban J connectivity index is 1.68. The average Bonchev–Trinajstić information content (AvgIpc) is 3.33. The van der Waals surface area contributed by atoms with Gasteiger partial charge in [-0.3, -0.25) is 9.36 Å². The number of hydrogen-bond donors (Lipinski definition) is 2. The summed E-state index contributed by atoms with van der Waals surface area (Å²) in [7, 11) is 0. The van der Waals surface area contributed by atoms with E-state index >= 15 is 0 Å². The fourth-order valence-electron chi connectivity index (χ4n) is 3.50. The van der Waals surface area contributed by atoms with Gasteiger partial charge in [0.05, 0.1) is 5.69 Å². The van der Waals surface area contributed by atoms with Crippen molar-refractivity contribution in [3.8, 4) is 23.0 Å². The van der Waals surface area contributed by atoms with Crippen molar-refractivity contribution >= 4 is 11.7 Å². The molecule has 1 atom stereocenters. The summed E-state index contributed by atoms with van der Waals surface area (Å²) in [6.45, 7) is 7.76. The topological polar surface area (TPSA) is 103 Å². The molecule has 0 bridgehead atoms. The summed E-state index contributed by atoms with van der Waals surface area (Å²) >= 11 is 0. The number of carbonyl (C=O) groups excluding carboxylic acids is 1. The van der Waals surface area contributed by atoms with E-state index in [0.717, 1.165) is 6.42 Å². The maximum Gasteiger partial charge on any atom is 0.573 e. The van der Waals surface area contributed by atoms with E-state index in [1.54, 1.807) is 23.0 Å². The molecule has 3 rings (SSSR count). The first kappa shape index (κ1) is 27.9. The summed E-state index contributed by atoms with van der Waals surface area (Å²) in [5.74, 6) is 0.641. The number of aromatic nitrogens is 4. The van der Waals surface area contributed by atoms with Crippen LogP contribution in [0.25, 0.3) is 17.2 Å². The Morgan fingerprint density at radius 1 is 1.14 bits per heavy atom. The molecule has 0 spiro atoms. The molecule has 200 valence electrons. The number of benzene rings is 1. The molecule has 0 saturated carbocycles. The van der Waals surface area contributed by atoms with E-state index < -0.39 is 12.4 Å². The molecule has 0 unspecified atom stereocenters. The van der Waals surface area contributed by atoms with Gasteiger partial charge in [-0.15, -0.1) is 13.2 Å². The van der Waals surface area contributed by atoms with Gasteiger partial charge in [0.2, 0.25) is 11.9 Å². The monoisotopic (exact) mass is 520 g/mol. The summed E-state index contributed by atoms with van der Waals surface area (Å²) in [6.07, 6.45) is 1.32. The van der Waals surface area contributed by atoms with Gasteiger partial charge in [0, 0.05) is 37.7 Å². The Bertz CT molecular complexity index is 1140. The molecule has 9 nitrogen and oxygen atoms in total. The Labute approximate surface area is 213 Å². The molecule has 2 aromatic heterocycles. The zero-order valence-electron chi connectivity index (χ0n) is 21.0. The van der Waals surface area contributed by atoms with Gasteiger partial charge in [-0.05, 0) is 56.0 Å². The molecule has 2 heterocycles. The first-order valence-corrected chi connectivity index (χ1v) is 12.0. The van der Waals surface area contributed by atoms with Gasteiger partial charge in [-0.2, -0.15) is 4.98 Å². The van der Waals surface area contributed by atoms with Crippen molar-refractivity contribution in [2.45, 2.75) is 46.0 Å². The Hall–Kier alpha value is -3.67. The normalized spacial score (nSPS) is 12.4. The van der Waals surface area contributed by atoms with Crippen molar-refractivity contribution in [3.63, 3.8) is 0 Å². The molecule has 12 heteroatoms. The third kappa shape index (κ3) is 9.05. The fraction of sp³-hybridized carbons (Fsp3) is 0.440. The maximum atomic E-state index is 12.8. The first-order valence-electron chi connectivity index (χ1n) is 12.0. The van der Waals surface area contributed by atoms with Crippen LogP contribution < -0.4 is 15.4 Å². The van der Waals surface area contributed by atoms with Gasteiger partial charge in [0.1, 0.15) is 23.9 Å². The number of rotatable bonds is 13. The Morgan fingerprint density at radius 2 is 1.89 bits per heavy atom. The first-order chi connectivity index (χ1) is 17.6. The van der Waals surface area contributed by atoms with Gasteiger partial charge < -0.3 is 20.1 Å². The molecular formula is C25H31F3N6O3. The molecule has 0 aliphatic rings. The van der Waals surface area contributed by atoms with E-state index in [0.29, 0.717) is 49.2 Å². The number of nitrogens with one attached hydrogen (secondary N) is 2. The Morgan fingerprint density at radius 3 is 2.57 bits per heavy atom. The SMILES string of the molecule is CCOCCCNC(=O)[C@H](CC(C)C)Nc1ccnc(-n2cnc(-c3ccc(OC(F)(F)F)cc3)c2)n1. The molecule has 0 aliphatic heterocycles. The van der Waals surface area contributed by atoms with Crippen LogP contribution in [-0.4, -0.2) is 57.6 Å². The highest BCUT2D eigenvalue weighted by Crippen LogP contribution is 2.26.